The van der Waals surface area contributed by atoms with Gasteiger partial charge in [-0.05, 0) is 80.1 Å². The highest BCUT2D eigenvalue weighted by molar-refractivity contribution is 5.94. The zero-order valence-electron chi connectivity index (χ0n) is 24.3. The molecule has 0 radical (unpaired) electrons. The molecule has 42 heavy (non-hydrogen) atoms. The number of hydrogen-bond donors (Lipinski definition) is 2. The van der Waals surface area contributed by atoms with Crippen LogP contribution in [0.4, 0.5) is 0 Å². The number of likely N-dealkylation sites (N-methyl/N-ethyl adjacent to an activating group) is 1. The van der Waals surface area contributed by atoms with Crippen LogP contribution in [-0.2, 0) is 23.1 Å². The number of phenolic OH excluding ortho intramolecular Hbond substituents is 1. The van der Waals surface area contributed by atoms with Crippen molar-refractivity contribution in [2.45, 2.75) is 62.3 Å². The standard InChI is InChI=1S/C36H36N2O4/c1-23-9-10-26(21-24(23)2)11-14-31(40)37(3)28-15-17-36(41)30-22-27-12-13-29(39)33-32(27)35(36,34(28)42-33)18-20-38(30)19-16-25-7-5-4-6-8-25/h4-10,12-13,15,17,21,28,30,34,39,41H,16,18-20,22H2,1-3H3/t28-,30-,34+,35+,36-/m1/s1. The fourth-order valence-corrected chi connectivity index (χ4v) is 7.85. The monoisotopic (exact) mass is 560 g/mol. The van der Waals surface area contributed by atoms with Crippen LogP contribution in [0.15, 0.2) is 72.8 Å². The van der Waals surface area contributed by atoms with Crippen LogP contribution >= 0.6 is 0 Å². The lowest BCUT2D eigenvalue weighted by Crippen LogP contribution is -2.76. The highest BCUT2D eigenvalue weighted by atomic mass is 16.5. The predicted octanol–water partition coefficient (Wildman–Crippen LogP) is 4.06. The summed E-state index contributed by atoms with van der Waals surface area (Å²) in [6.07, 6.45) is 5.50. The first-order valence-corrected chi connectivity index (χ1v) is 14.8. The molecule has 5 atom stereocenters. The number of piperidine rings is 1. The number of likely N-dealkylation sites (tertiary alicyclic amines) is 1. The lowest BCUT2D eigenvalue weighted by atomic mass is 9.50. The Morgan fingerprint density at radius 1 is 1.12 bits per heavy atom. The Morgan fingerprint density at radius 3 is 2.71 bits per heavy atom. The second-order valence-electron chi connectivity index (χ2n) is 12.3. The van der Waals surface area contributed by atoms with Crippen molar-refractivity contribution in [1.82, 2.24) is 9.80 Å². The molecule has 0 saturated carbocycles. The van der Waals surface area contributed by atoms with E-state index in [9.17, 15) is 15.0 Å². The summed E-state index contributed by atoms with van der Waals surface area (Å²) in [6.45, 7) is 5.71. The van der Waals surface area contributed by atoms with E-state index in [-0.39, 0.29) is 17.7 Å². The molecule has 214 valence electrons. The number of aromatic hydroxyl groups is 1. The number of carbonyl (C=O) groups excluding carboxylic acids is 1. The van der Waals surface area contributed by atoms with Crippen LogP contribution in [0.3, 0.4) is 0 Å². The number of nitrogens with zero attached hydrogens (tertiary/aromatic N) is 2. The maximum atomic E-state index is 13.4. The number of benzene rings is 3. The first-order chi connectivity index (χ1) is 20.2. The van der Waals surface area contributed by atoms with Crippen molar-refractivity contribution in [3.63, 3.8) is 0 Å². The van der Waals surface area contributed by atoms with E-state index in [0.717, 1.165) is 41.8 Å². The third-order valence-electron chi connectivity index (χ3n) is 10.2. The third kappa shape index (κ3) is 3.84. The van der Waals surface area contributed by atoms with Gasteiger partial charge in [0.2, 0.25) is 0 Å². The van der Waals surface area contributed by atoms with Crippen molar-refractivity contribution in [2.24, 2.45) is 0 Å². The van der Waals surface area contributed by atoms with E-state index >= 15 is 0 Å². The SMILES string of the molecule is Cc1ccc(C#CC(=O)N(C)[C@@H]2C=C[C@@]3(O)[C@H]4Cc5ccc(O)c6c5[C@@]3(CCN4CCc3ccccc3)[C@H]2O6)cc1C. The number of rotatable bonds is 4. The molecule has 6 heteroatoms. The van der Waals surface area contributed by atoms with Gasteiger partial charge in [0.1, 0.15) is 11.7 Å². The molecule has 3 aromatic carbocycles. The zero-order chi connectivity index (χ0) is 29.2. The lowest BCUT2D eigenvalue weighted by Gasteiger charge is -2.62. The molecule has 1 spiro atoms. The van der Waals surface area contributed by atoms with Crippen LogP contribution in [-0.4, -0.2) is 69.8 Å². The topological polar surface area (TPSA) is 73.2 Å². The molecule has 2 N–H and O–H groups in total. The fraction of sp³-hybridized carbons (Fsp3) is 0.361. The van der Waals surface area contributed by atoms with E-state index in [0.29, 0.717) is 18.6 Å². The van der Waals surface area contributed by atoms with Gasteiger partial charge in [0, 0.05) is 36.7 Å². The molecule has 3 aromatic rings. The molecule has 4 aliphatic rings. The molecular formula is C36H36N2O4. The van der Waals surface area contributed by atoms with E-state index < -0.39 is 23.2 Å². The molecule has 6 nitrogen and oxygen atoms in total. The smallest absolute Gasteiger partial charge is 0.299 e. The fourth-order valence-electron chi connectivity index (χ4n) is 7.85. The van der Waals surface area contributed by atoms with Gasteiger partial charge in [0.15, 0.2) is 11.5 Å². The van der Waals surface area contributed by atoms with Crippen LogP contribution in [0.5, 0.6) is 11.5 Å². The van der Waals surface area contributed by atoms with Crippen molar-refractivity contribution in [2.75, 3.05) is 20.1 Å². The minimum Gasteiger partial charge on any atom is -0.504 e. The highest BCUT2D eigenvalue weighted by Crippen LogP contribution is 2.64. The molecule has 0 aromatic heterocycles. The van der Waals surface area contributed by atoms with Crippen LogP contribution in [0.1, 0.15) is 39.8 Å². The summed E-state index contributed by atoms with van der Waals surface area (Å²) in [4.78, 5) is 17.5. The molecule has 2 aliphatic carbocycles. The molecule has 1 saturated heterocycles. The molecule has 2 bridgehead atoms. The molecule has 0 unspecified atom stereocenters. The summed E-state index contributed by atoms with van der Waals surface area (Å²) in [5, 5.41) is 23.6. The molecular weight excluding hydrogens is 524 g/mol. The summed E-state index contributed by atoms with van der Waals surface area (Å²) in [5.74, 6) is 6.05. The van der Waals surface area contributed by atoms with Crippen LogP contribution in [0, 0.1) is 25.7 Å². The molecule has 1 fully saturated rings. The average Bonchev–Trinajstić information content (AvgIpc) is 3.34. The molecule has 7 rings (SSSR count). The summed E-state index contributed by atoms with van der Waals surface area (Å²) in [6, 6.07) is 19.4. The Balaban J connectivity index is 1.24. The Morgan fingerprint density at radius 2 is 1.93 bits per heavy atom. The Labute approximate surface area is 247 Å². The Kier molecular flexibility index (Phi) is 6.23. The van der Waals surface area contributed by atoms with Gasteiger partial charge in [-0.3, -0.25) is 9.69 Å². The number of hydrogen-bond acceptors (Lipinski definition) is 5. The largest absolute Gasteiger partial charge is 0.504 e. The Hall–Kier alpha value is -4.05. The lowest BCUT2D eigenvalue weighted by molar-refractivity contribution is -0.153. The molecule has 1 amide bonds. The van der Waals surface area contributed by atoms with E-state index in [1.165, 1.54) is 11.1 Å². The number of carbonyl (C=O) groups is 1. The number of phenols is 1. The van der Waals surface area contributed by atoms with Crippen molar-refractivity contribution < 1.29 is 19.7 Å². The Bertz CT molecular complexity index is 1670. The van der Waals surface area contributed by atoms with E-state index in [2.05, 4.69) is 41.0 Å². The first-order valence-electron chi connectivity index (χ1n) is 14.8. The molecule has 2 aliphatic heterocycles. The summed E-state index contributed by atoms with van der Waals surface area (Å²) >= 11 is 0. The second kappa shape index (κ2) is 9.76. The number of aryl methyl sites for hydroxylation is 2. The van der Waals surface area contributed by atoms with Crippen molar-refractivity contribution in [3.05, 3.63) is 106 Å². The van der Waals surface area contributed by atoms with Gasteiger partial charge in [-0.25, -0.2) is 0 Å². The van der Waals surface area contributed by atoms with Gasteiger partial charge in [0.05, 0.1) is 11.5 Å². The highest BCUT2D eigenvalue weighted by Gasteiger charge is 2.72. The number of amides is 1. The van der Waals surface area contributed by atoms with Crippen LogP contribution in [0.2, 0.25) is 0 Å². The predicted molar refractivity (Wildman–Crippen MR) is 161 cm³/mol. The van der Waals surface area contributed by atoms with E-state index in [4.69, 9.17) is 4.74 Å². The normalized spacial score (nSPS) is 28.3. The first kappa shape index (κ1) is 26.8. The second-order valence-corrected chi connectivity index (χ2v) is 12.3. The quantitative estimate of drug-likeness (QED) is 0.372. The summed E-state index contributed by atoms with van der Waals surface area (Å²) in [5.41, 5.74) is 4.40. The number of ether oxygens (including phenoxy) is 1. The van der Waals surface area contributed by atoms with Gasteiger partial charge in [-0.1, -0.05) is 60.5 Å². The number of aliphatic hydroxyl groups is 1. The summed E-state index contributed by atoms with van der Waals surface area (Å²) < 4.78 is 6.59. The van der Waals surface area contributed by atoms with E-state index in [1.54, 1.807) is 18.0 Å². The van der Waals surface area contributed by atoms with Crippen LogP contribution < -0.4 is 4.74 Å². The van der Waals surface area contributed by atoms with Gasteiger partial charge < -0.3 is 19.8 Å². The van der Waals surface area contributed by atoms with Gasteiger partial charge in [-0.15, -0.1) is 0 Å². The average molecular weight is 561 g/mol. The molecule has 2 heterocycles. The van der Waals surface area contributed by atoms with Crippen molar-refractivity contribution >= 4 is 5.91 Å². The maximum absolute atomic E-state index is 13.4. The zero-order valence-corrected chi connectivity index (χ0v) is 24.3. The van der Waals surface area contributed by atoms with Gasteiger partial charge >= 0.3 is 0 Å². The third-order valence-corrected chi connectivity index (χ3v) is 10.2. The van der Waals surface area contributed by atoms with Crippen molar-refractivity contribution in [3.8, 4) is 23.3 Å². The van der Waals surface area contributed by atoms with Crippen molar-refractivity contribution in [1.29, 1.82) is 0 Å². The minimum atomic E-state index is -1.20. The minimum absolute atomic E-state index is 0.0760. The van der Waals surface area contributed by atoms with Gasteiger partial charge in [-0.2, -0.15) is 0 Å². The van der Waals surface area contributed by atoms with E-state index in [1.807, 2.05) is 56.3 Å². The van der Waals surface area contributed by atoms with Gasteiger partial charge in [0.25, 0.3) is 5.91 Å². The summed E-state index contributed by atoms with van der Waals surface area (Å²) in [7, 11) is 1.75. The van der Waals surface area contributed by atoms with Crippen LogP contribution in [0.25, 0.3) is 0 Å². The maximum Gasteiger partial charge on any atom is 0.299 e.